The van der Waals surface area contributed by atoms with Crippen molar-refractivity contribution in [1.82, 2.24) is 10.0 Å². The second-order valence-electron chi connectivity index (χ2n) is 4.28. The summed E-state index contributed by atoms with van der Waals surface area (Å²) in [6.45, 7) is -1.45. The summed E-state index contributed by atoms with van der Waals surface area (Å²) in [4.78, 5) is 11.1. The number of hydrogen-bond acceptors (Lipinski definition) is 4. The van der Waals surface area contributed by atoms with Gasteiger partial charge in [-0.15, -0.1) is 0 Å². The van der Waals surface area contributed by atoms with Crippen molar-refractivity contribution in [3.8, 4) is 5.75 Å². The molecule has 10 heteroatoms. The van der Waals surface area contributed by atoms with Crippen LogP contribution in [0.3, 0.4) is 0 Å². The van der Waals surface area contributed by atoms with Crippen molar-refractivity contribution in [3.05, 3.63) is 29.8 Å². The molecule has 0 saturated carbocycles. The Bertz CT molecular complexity index is 700. The third-order valence-corrected chi connectivity index (χ3v) is 4.07. The number of nitrogens with one attached hydrogen (secondary N) is 2. The van der Waals surface area contributed by atoms with Gasteiger partial charge in [-0.3, -0.25) is 4.79 Å². The molecule has 0 radical (unpaired) electrons. The number of benzene rings is 1. The molecule has 0 heterocycles. The van der Waals surface area contributed by atoms with E-state index in [0.29, 0.717) is 5.56 Å². The minimum atomic E-state index is -4.50. The van der Waals surface area contributed by atoms with Gasteiger partial charge in [-0.25, -0.2) is 13.1 Å². The van der Waals surface area contributed by atoms with Gasteiger partial charge >= 0.3 is 6.18 Å². The Kier molecular flexibility index (Phi) is 6.16. The van der Waals surface area contributed by atoms with Crippen molar-refractivity contribution in [3.63, 3.8) is 0 Å². The van der Waals surface area contributed by atoms with Crippen LogP contribution in [0.15, 0.2) is 29.2 Å². The van der Waals surface area contributed by atoms with E-state index in [0.717, 1.165) is 6.08 Å². The molecule has 0 atom stereocenters. The molecule has 1 amide bonds. The number of rotatable bonds is 6. The number of amides is 1. The number of hydrogen-bond donors (Lipinski definition) is 2. The van der Waals surface area contributed by atoms with Crippen molar-refractivity contribution in [2.24, 2.45) is 0 Å². The zero-order chi connectivity index (χ0) is 17.7. The summed E-state index contributed by atoms with van der Waals surface area (Å²) in [5.41, 5.74) is 0.307. The van der Waals surface area contributed by atoms with Crippen LogP contribution in [0.1, 0.15) is 5.56 Å². The number of halogens is 3. The van der Waals surface area contributed by atoms with Crippen LogP contribution in [0.25, 0.3) is 6.08 Å². The number of methoxy groups -OCH3 is 1. The molecule has 0 aliphatic rings. The summed E-state index contributed by atoms with van der Waals surface area (Å²) < 4.78 is 66.7. The average molecular weight is 352 g/mol. The summed E-state index contributed by atoms with van der Waals surface area (Å²) in [7, 11) is -1.27. The van der Waals surface area contributed by atoms with Crippen molar-refractivity contribution < 1.29 is 31.1 Å². The van der Waals surface area contributed by atoms with Crippen LogP contribution >= 0.6 is 0 Å². The lowest BCUT2D eigenvalue weighted by Crippen LogP contribution is -2.32. The zero-order valence-corrected chi connectivity index (χ0v) is 13.1. The Morgan fingerprint density at radius 2 is 2.00 bits per heavy atom. The molecule has 1 rings (SSSR count). The van der Waals surface area contributed by atoms with Crippen molar-refractivity contribution in [1.29, 1.82) is 0 Å². The largest absolute Gasteiger partial charge is 0.495 e. The standard InChI is InChI=1S/C13H15F3N2O4S/c1-17-23(20,21)11-7-9(3-5-10(11)22-2)4-6-12(19)18-8-13(14,15)16/h3-7,17H,8H2,1-2H3,(H,18,19)/b6-4+. The van der Waals surface area contributed by atoms with E-state index in [1.165, 1.54) is 38.4 Å². The first-order valence-electron chi connectivity index (χ1n) is 6.23. The van der Waals surface area contributed by atoms with Gasteiger partial charge < -0.3 is 10.1 Å². The van der Waals surface area contributed by atoms with Crippen molar-refractivity contribution >= 4 is 22.0 Å². The second kappa shape index (κ2) is 7.47. The maximum absolute atomic E-state index is 12.0. The molecule has 0 unspecified atom stereocenters. The van der Waals surface area contributed by atoms with Gasteiger partial charge in [0.05, 0.1) is 7.11 Å². The lowest BCUT2D eigenvalue weighted by Gasteiger charge is -2.09. The first-order valence-corrected chi connectivity index (χ1v) is 7.71. The van der Waals surface area contributed by atoms with Gasteiger partial charge in [0.2, 0.25) is 15.9 Å². The molecule has 0 aromatic heterocycles. The molecular formula is C13H15F3N2O4S. The highest BCUT2D eigenvalue weighted by atomic mass is 32.2. The van der Waals surface area contributed by atoms with E-state index in [1.54, 1.807) is 5.32 Å². The Hall–Kier alpha value is -2.07. The number of carbonyl (C=O) groups is 1. The van der Waals surface area contributed by atoms with Gasteiger partial charge in [-0.2, -0.15) is 13.2 Å². The van der Waals surface area contributed by atoms with Crippen molar-refractivity contribution in [2.45, 2.75) is 11.1 Å². The molecule has 6 nitrogen and oxygen atoms in total. The highest BCUT2D eigenvalue weighted by Crippen LogP contribution is 2.25. The molecule has 0 spiro atoms. The normalized spacial score (nSPS) is 12.4. The number of carbonyl (C=O) groups excluding carboxylic acids is 1. The summed E-state index contributed by atoms with van der Waals surface area (Å²) in [6, 6.07) is 4.07. The molecule has 1 aromatic carbocycles. The fraction of sp³-hybridized carbons (Fsp3) is 0.308. The van der Waals surface area contributed by atoms with Crippen LogP contribution in [-0.2, 0) is 14.8 Å². The quantitative estimate of drug-likeness (QED) is 0.756. The van der Waals surface area contributed by atoms with E-state index >= 15 is 0 Å². The van der Waals surface area contributed by atoms with E-state index in [2.05, 4.69) is 4.72 Å². The Labute approximate surface area is 131 Å². The van der Waals surface area contributed by atoms with E-state index in [4.69, 9.17) is 4.74 Å². The first-order chi connectivity index (χ1) is 10.6. The fourth-order valence-corrected chi connectivity index (χ4v) is 2.46. The molecule has 0 saturated heterocycles. The maximum Gasteiger partial charge on any atom is 0.405 e. The van der Waals surface area contributed by atoms with Gasteiger partial charge in [-0.05, 0) is 30.8 Å². The monoisotopic (exact) mass is 352 g/mol. The van der Waals surface area contributed by atoms with Crippen LogP contribution in [0.4, 0.5) is 13.2 Å². The van der Waals surface area contributed by atoms with Gasteiger partial charge in [0, 0.05) is 6.08 Å². The van der Waals surface area contributed by atoms with Gasteiger partial charge in [0.25, 0.3) is 0 Å². The molecule has 23 heavy (non-hydrogen) atoms. The smallest absolute Gasteiger partial charge is 0.405 e. The lowest BCUT2D eigenvalue weighted by atomic mass is 10.2. The predicted molar refractivity (Wildman–Crippen MR) is 77.3 cm³/mol. The SMILES string of the molecule is CNS(=O)(=O)c1cc(/C=C/C(=O)NCC(F)(F)F)ccc1OC. The van der Waals surface area contributed by atoms with Gasteiger partial charge in [-0.1, -0.05) is 6.07 Å². The summed E-state index contributed by atoms with van der Waals surface area (Å²) in [5, 5.41) is 1.67. The zero-order valence-electron chi connectivity index (χ0n) is 12.3. The molecule has 128 valence electrons. The van der Waals surface area contributed by atoms with E-state index in [-0.39, 0.29) is 10.6 Å². The molecular weight excluding hydrogens is 337 g/mol. The Morgan fingerprint density at radius 1 is 1.35 bits per heavy atom. The lowest BCUT2D eigenvalue weighted by molar-refractivity contribution is -0.135. The number of ether oxygens (including phenoxy) is 1. The van der Waals surface area contributed by atoms with E-state index in [1.807, 2.05) is 0 Å². The topological polar surface area (TPSA) is 84.5 Å². The summed E-state index contributed by atoms with van der Waals surface area (Å²) in [5.74, 6) is -0.853. The van der Waals surface area contributed by atoms with Gasteiger partial charge in [0.1, 0.15) is 17.2 Å². The second-order valence-corrected chi connectivity index (χ2v) is 6.14. The van der Waals surface area contributed by atoms with Gasteiger partial charge in [0.15, 0.2) is 0 Å². The fourth-order valence-electron chi connectivity index (χ4n) is 1.54. The van der Waals surface area contributed by atoms with Crippen LogP contribution in [0.5, 0.6) is 5.75 Å². The van der Waals surface area contributed by atoms with E-state index < -0.39 is 28.7 Å². The third kappa shape index (κ3) is 5.91. The Balaban J connectivity index is 2.96. The number of sulfonamides is 1. The first kappa shape index (κ1) is 19.0. The predicted octanol–water partition coefficient (Wildman–Crippen LogP) is 1.29. The van der Waals surface area contributed by atoms with Crippen LogP contribution < -0.4 is 14.8 Å². The molecule has 0 aliphatic heterocycles. The van der Waals surface area contributed by atoms with Crippen LogP contribution in [0.2, 0.25) is 0 Å². The minimum absolute atomic E-state index is 0.0954. The highest BCUT2D eigenvalue weighted by Gasteiger charge is 2.27. The Morgan fingerprint density at radius 3 is 2.52 bits per heavy atom. The molecule has 0 bridgehead atoms. The van der Waals surface area contributed by atoms with Crippen LogP contribution in [0, 0.1) is 0 Å². The highest BCUT2D eigenvalue weighted by molar-refractivity contribution is 7.89. The third-order valence-electron chi connectivity index (χ3n) is 2.64. The molecule has 2 N–H and O–H groups in total. The summed E-state index contributed by atoms with van der Waals surface area (Å²) >= 11 is 0. The minimum Gasteiger partial charge on any atom is -0.495 e. The number of alkyl halides is 3. The van der Waals surface area contributed by atoms with Crippen LogP contribution in [-0.4, -0.2) is 41.2 Å². The molecule has 1 aromatic rings. The average Bonchev–Trinajstić information content (AvgIpc) is 2.49. The van der Waals surface area contributed by atoms with Crippen molar-refractivity contribution in [2.75, 3.05) is 20.7 Å². The molecule has 0 fully saturated rings. The molecule has 0 aliphatic carbocycles. The summed E-state index contributed by atoms with van der Waals surface area (Å²) in [6.07, 6.45) is -2.43. The van der Waals surface area contributed by atoms with E-state index in [9.17, 15) is 26.4 Å². The maximum atomic E-state index is 12.0.